The number of halogens is 2. The number of nitrogens with one attached hydrogen (secondary N) is 1. The molecule has 4 nitrogen and oxygen atoms in total. The Balaban J connectivity index is 3.09. The van der Waals surface area contributed by atoms with Gasteiger partial charge >= 0.3 is 0 Å². The number of phenols is 1. The topological polar surface area (TPSA) is 66.4 Å². The van der Waals surface area contributed by atoms with Crippen LogP contribution in [0.2, 0.25) is 5.02 Å². The van der Waals surface area contributed by atoms with Crippen LogP contribution >= 0.6 is 11.6 Å². The molecule has 0 saturated carbocycles. The highest BCUT2D eigenvalue weighted by Gasteiger charge is 2.15. The number of benzene rings is 1. The van der Waals surface area contributed by atoms with E-state index < -0.39 is 28.5 Å². The number of hydrogen-bond donors (Lipinski definition) is 2. The van der Waals surface area contributed by atoms with Gasteiger partial charge in [0, 0.05) is 12.3 Å². The molecule has 0 aliphatic carbocycles. The highest BCUT2D eigenvalue weighted by Crippen LogP contribution is 2.26. The van der Waals surface area contributed by atoms with Crippen LogP contribution in [0.4, 0.5) is 4.39 Å². The van der Waals surface area contributed by atoms with Crippen molar-refractivity contribution >= 4 is 28.5 Å². The molecule has 1 rings (SSSR count). The van der Waals surface area contributed by atoms with E-state index in [1.165, 1.54) is 6.26 Å². The first-order chi connectivity index (χ1) is 6.91. The van der Waals surface area contributed by atoms with Gasteiger partial charge in [-0.05, 0) is 6.07 Å². The molecular formula is C8H7ClFNO3S. The molecular weight excluding hydrogens is 245 g/mol. The zero-order valence-electron chi connectivity index (χ0n) is 7.58. The van der Waals surface area contributed by atoms with Crippen molar-refractivity contribution in [2.24, 2.45) is 0 Å². The number of aromatic hydroxyl groups is 1. The van der Waals surface area contributed by atoms with Gasteiger partial charge in [-0.1, -0.05) is 11.6 Å². The van der Waals surface area contributed by atoms with Gasteiger partial charge in [0.15, 0.2) is 0 Å². The number of amides is 1. The zero-order chi connectivity index (χ0) is 11.6. The summed E-state index contributed by atoms with van der Waals surface area (Å²) in [7, 11) is -1.59. The molecule has 1 aromatic rings. The Morgan fingerprint density at radius 3 is 2.73 bits per heavy atom. The van der Waals surface area contributed by atoms with Gasteiger partial charge in [0.2, 0.25) is 0 Å². The summed E-state index contributed by atoms with van der Waals surface area (Å²) in [6, 6.07) is 1.68. The Bertz CT molecular complexity index is 438. The number of carbonyl (C=O) groups is 1. The van der Waals surface area contributed by atoms with E-state index in [4.69, 9.17) is 16.7 Å². The van der Waals surface area contributed by atoms with Crippen molar-refractivity contribution < 1.29 is 18.5 Å². The number of rotatable bonds is 2. The first kappa shape index (κ1) is 11.9. The van der Waals surface area contributed by atoms with Crippen molar-refractivity contribution in [2.45, 2.75) is 0 Å². The molecule has 15 heavy (non-hydrogen) atoms. The molecule has 0 bridgehead atoms. The molecule has 0 radical (unpaired) electrons. The molecule has 0 aliphatic heterocycles. The van der Waals surface area contributed by atoms with Gasteiger partial charge in [-0.3, -0.25) is 9.52 Å². The molecule has 2 N–H and O–H groups in total. The summed E-state index contributed by atoms with van der Waals surface area (Å²) in [6.07, 6.45) is 1.23. The highest BCUT2D eigenvalue weighted by molar-refractivity contribution is 7.82. The van der Waals surface area contributed by atoms with Crippen LogP contribution in [0, 0.1) is 5.82 Å². The Kier molecular flexibility index (Phi) is 3.65. The van der Waals surface area contributed by atoms with Crippen molar-refractivity contribution in [1.29, 1.82) is 0 Å². The Labute approximate surface area is 92.6 Å². The van der Waals surface area contributed by atoms with Crippen LogP contribution in [0.3, 0.4) is 0 Å². The van der Waals surface area contributed by atoms with E-state index in [0.29, 0.717) is 0 Å². The van der Waals surface area contributed by atoms with Crippen molar-refractivity contribution in [2.75, 3.05) is 6.26 Å². The molecule has 1 unspecified atom stereocenters. The van der Waals surface area contributed by atoms with Crippen LogP contribution in [0.5, 0.6) is 5.75 Å². The maximum absolute atomic E-state index is 13.2. The highest BCUT2D eigenvalue weighted by atomic mass is 35.5. The second-order valence-electron chi connectivity index (χ2n) is 2.67. The molecule has 0 fully saturated rings. The smallest absolute Gasteiger partial charge is 0.265 e. The lowest BCUT2D eigenvalue weighted by Crippen LogP contribution is -2.25. The zero-order valence-corrected chi connectivity index (χ0v) is 9.16. The van der Waals surface area contributed by atoms with E-state index >= 15 is 0 Å². The van der Waals surface area contributed by atoms with Crippen LogP contribution in [-0.2, 0) is 11.0 Å². The molecule has 1 aromatic carbocycles. The van der Waals surface area contributed by atoms with Gasteiger partial charge in [0.25, 0.3) is 5.91 Å². The van der Waals surface area contributed by atoms with Crippen molar-refractivity contribution in [3.63, 3.8) is 0 Å². The van der Waals surface area contributed by atoms with Gasteiger partial charge in [0.05, 0.1) is 10.6 Å². The fraction of sp³-hybridized carbons (Fsp3) is 0.125. The van der Waals surface area contributed by atoms with Crippen LogP contribution in [-0.4, -0.2) is 21.5 Å². The summed E-state index contributed by atoms with van der Waals surface area (Å²) >= 11 is 5.49. The lowest BCUT2D eigenvalue weighted by Gasteiger charge is -2.04. The average Bonchev–Trinajstić information content (AvgIpc) is 2.09. The minimum absolute atomic E-state index is 0.150. The molecule has 0 aromatic heterocycles. The van der Waals surface area contributed by atoms with Gasteiger partial charge in [-0.15, -0.1) is 0 Å². The summed E-state index contributed by atoms with van der Waals surface area (Å²) in [5.74, 6) is -2.24. The third kappa shape index (κ3) is 2.90. The third-order valence-electron chi connectivity index (χ3n) is 1.52. The van der Waals surface area contributed by atoms with Gasteiger partial charge in [-0.25, -0.2) is 8.60 Å². The standard InChI is InChI=1S/C8H7ClFNO3S/c1-15(14)11-8(13)4-2-5(9)7(12)3-6(4)10/h2-3,12H,1H3,(H,11,13). The first-order valence-electron chi connectivity index (χ1n) is 3.74. The predicted molar refractivity (Wildman–Crippen MR) is 54.6 cm³/mol. The Hall–Kier alpha value is -1.14. The second-order valence-corrected chi connectivity index (χ2v) is 4.19. The summed E-state index contributed by atoms with van der Waals surface area (Å²) in [6.45, 7) is 0. The summed E-state index contributed by atoms with van der Waals surface area (Å²) in [5.41, 5.74) is -0.368. The Morgan fingerprint density at radius 1 is 1.60 bits per heavy atom. The van der Waals surface area contributed by atoms with E-state index in [0.717, 1.165) is 12.1 Å². The Morgan fingerprint density at radius 2 is 2.20 bits per heavy atom. The lowest BCUT2D eigenvalue weighted by atomic mass is 10.2. The molecule has 0 saturated heterocycles. The molecule has 0 aliphatic rings. The monoisotopic (exact) mass is 251 g/mol. The van der Waals surface area contributed by atoms with Crippen LogP contribution in [0.1, 0.15) is 10.4 Å². The van der Waals surface area contributed by atoms with E-state index in [-0.39, 0.29) is 10.6 Å². The predicted octanol–water partition coefficient (Wildman–Crippen LogP) is 1.21. The van der Waals surface area contributed by atoms with Crippen molar-refractivity contribution in [3.05, 3.63) is 28.5 Å². The van der Waals surface area contributed by atoms with Crippen LogP contribution in [0.25, 0.3) is 0 Å². The molecule has 82 valence electrons. The SMILES string of the molecule is CS(=O)NC(=O)c1cc(Cl)c(O)cc1F. The third-order valence-corrected chi connectivity index (χ3v) is 2.29. The van der Waals surface area contributed by atoms with E-state index in [9.17, 15) is 13.4 Å². The van der Waals surface area contributed by atoms with Crippen LogP contribution < -0.4 is 4.72 Å². The quantitative estimate of drug-likeness (QED) is 0.830. The minimum atomic E-state index is -1.59. The summed E-state index contributed by atoms with van der Waals surface area (Å²) in [4.78, 5) is 11.3. The van der Waals surface area contributed by atoms with Gasteiger partial charge < -0.3 is 5.11 Å². The van der Waals surface area contributed by atoms with Crippen molar-refractivity contribution in [1.82, 2.24) is 4.72 Å². The molecule has 1 amide bonds. The molecule has 0 spiro atoms. The maximum atomic E-state index is 13.2. The largest absolute Gasteiger partial charge is 0.506 e. The van der Waals surface area contributed by atoms with Crippen molar-refractivity contribution in [3.8, 4) is 5.75 Å². The second kappa shape index (κ2) is 4.59. The van der Waals surface area contributed by atoms with E-state index in [1.54, 1.807) is 0 Å². The minimum Gasteiger partial charge on any atom is -0.506 e. The van der Waals surface area contributed by atoms with Gasteiger partial charge in [-0.2, -0.15) is 0 Å². The lowest BCUT2D eigenvalue weighted by molar-refractivity contribution is 0.0979. The van der Waals surface area contributed by atoms with Crippen LogP contribution in [0.15, 0.2) is 12.1 Å². The molecule has 0 heterocycles. The maximum Gasteiger partial charge on any atom is 0.265 e. The summed E-state index contributed by atoms with van der Waals surface area (Å²) < 4.78 is 25.8. The fourth-order valence-electron chi connectivity index (χ4n) is 0.896. The number of hydrogen-bond acceptors (Lipinski definition) is 3. The molecule has 7 heteroatoms. The van der Waals surface area contributed by atoms with Gasteiger partial charge in [0.1, 0.15) is 22.6 Å². The average molecular weight is 252 g/mol. The molecule has 1 atom stereocenters. The van der Waals surface area contributed by atoms with E-state index in [2.05, 4.69) is 0 Å². The first-order valence-corrected chi connectivity index (χ1v) is 5.68. The number of carbonyl (C=O) groups excluding carboxylic acids is 1. The number of phenolic OH excluding ortho intramolecular Hbond substituents is 1. The fourth-order valence-corrected chi connectivity index (χ4v) is 1.43. The summed E-state index contributed by atoms with van der Waals surface area (Å²) in [5, 5.41) is 8.87. The normalized spacial score (nSPS) is 12.2. The van der Waals surface area contributed by atoms with E-state index in [1.807, 2.05) is 4.72 Å².